The van der Waals surface area contributed by atoms with Crippen LogP contribution in [-0.2, 0) is 6.42 Å². The number of benzene rings is 1. The van der Waals surface area contributed by atoms with Crippen LogP contribution in [0.15, 0.2) is 28.7 Å². The number of aryl methyl sites for hydroxylation is 1. The van der Waals surface area contributed by atoms with E-state index in [1.807, 2.05) is 31.2 Å². The Morgan fingerprint density at radius 3 is 2.93 bits per heavy atom. The van der Waals surface area contributed by atoms with Crippen molar-refractivity contribution in [2.24, 2.45) is 5.73 Å². The molecular formula is C12H14ClNO. The molecule has 2 N–H and O–H groups in total. The molecule has 0 aliphatic carbocycles. The fourth-order valence-corrected chi connectivity index (χ4v) is 1.74. The van der Waals surface area contributed by atoms with Gasteiger partial charge in [0.05, 0.1) is 0 Å². The van der Waals surface area contributed by atoms with E-state index >= 15 is 0 Å². The van der Waals surface area contributed by atoms with Crippen molar-refractivity contribution in [2.75, 3.05) is 0 Å². The van der Waals surface area contributed by atoms with Crippen molar-refractivity contribution in [2.45, 2.75) is 25.8 Å². The normalized spacial score (nSPS) is 13.3. The topological polar surface area (TPSA) is 39.2 Å². The lowest BCUT2D eigenvalue weighted by Crippen LogP contribution is -2.15. The van der Waals surface area contributed by atoms with E-state index in [0.717, 1.165) is 34.6 Å². The quantitative estimate of drug-likeness (QED) is 0.867. The van der Waals surface area contributed by atoms with Crippen LogP contribution >= 0.6 is 11.6 Å². The van der Waals surface area contributed by atoms with E-state index in [-0.39, 0.29) is 6.04 Å². The number of hydrogen-bond acceptors (Lipinski definition) is 2. The molecule has 80 valence electrons. The average Bonchev–Trinajstić information content (AvgIpc) is 2.56. The summed E-state index contributed by atoms with van der Waals surface area (Å²) in [4.78, 5) is 0. The Kier molecular flexibility index (Phi) is 2.98. The molecule has 1 aromatic carbocycles. The van der Waals surface area contributed by atoms with Gasteiger partial charge in [0.25, 0.3) is 0 Å². The Labute approximate surface area is 94.0 Å². The Morgan fingerprint density at radius 1 is 1.40 bits per heavy atom. The summed E-state index contributed by atoms with van der Waals surface area (Å²) in [6.45, 7) is 2.00. The first-order valence-corrected chi connectivity index (χ1v) is 5.46. The van der Waals surface area contributed by atoms with Crippen molar-refractivity contribution in [3.63, 3.8) is 0 Å². The Morgan fingerprint density at radius 2 is 2.20 bits per heavy atom. The SMILES string of the molecule is CC(N)CCc1cc2cc(Cl)ccc2o1. The summed E-state index contributed by atoms with van der Waals surface area (Å²) in [5, 5.41) is 1.80. The van der Waals surface area contributed by atoms with Crippen LogP contribution in [0.3, 0.4) is 0 Å². The van der Waals surface area contributed by atoms with Crippen LogP contribution in [0.5, 0.6) is 0 Å². The Bertz CT molecular complexity index is 462. The zero-order chi connectivity index (χ0) is 10.8. The van der Waals surface area contributed by atoms with Gasteiger partial charge in [-0.15, -0.1) is 0 Å². The Hall–Kier alpha value is -0.990. The summed E-state index contributed by atoms with van der Waals surface area (Å²) < 4.78 is 5.66. The maximum atomic E-state index is 5.89. The molecule has 2 aromatic rings. The fraction of sp³-hybridized carbons (Fsp3) is 0.333. The van der Waals surface area contributed by atoms with Crippen molar-refractivity contribution in [1.82, 2.24) is 0 Å². The van der Waals surface area contributed by atoms with Gasteiger partial charge in [-0.3, -0.25) is 0 Å². The molecule has 15 heavy (non-hydrogen) atoms. The van der Waals surface area contributed by atoms with Crippen LogP contribution in [0, 0.1) is 0 Å². The molecule has 0 saturated heterocycles. The van der Waals surface area contributed by atoms with Gasteiger partial charge in [-0.2, -0.15) is 0 Å². The predicted molar refractivity (Wildman–Crippen MR) is 63.2 cm³/mol. The van der Waals surface area contributed by atoms with E-state index in [1.54, 1.807) is 0 Å². The van der Waals surface area contributed by atoms with Gasteiger partial charge < -0.3 is 10.2 Å². The third-order valence-corrected chi connectivity index (χ3v) is 2.61. The van der Waals surface area contributed by atoms with Crippen molar-refractivity contribution >= 4 is 22.6 Å². The monoisotopic (exact) mass is 223 g/mol. The van der Waals surface area contributed by atoms with E-state index < -0.39 is 0 Å². The molecule has 3 heteroatoms. The van der Waals surface area contributed by atoms with Crippen molar-refractivity contribution in [3.05, 3.63) is 35.0 Å². The second-order valence-electron chi connectivity index (χ2n) is 3.91. The summed E-state index contributed by atoms with van der Waals surface area (Å²) in [7, 11) is 0. The first-order valence-electron chi connectivity index (χ1n) is 5.09. The first-order chi connectivity index (χ1) is 7.15. The molecule has 1 atom stereocenters. The summed E-state index contributed by atoms with van der Waals surface area (Å²) in [5.41, 5.74) is 6.58. The number of nitrogens with two attached hydrogens (primary N) is 1. The zero-order valence-corrected chi connectivity index (χ0v) is 9.42. The smallest absolute Gasteiger partial charge is 0.134 e. The van der Waals surface area contributed by atoms with E-state index in [9.17, 15) is 0 Å². The van der Waals surface area contributed by atoms with Crippen LogP contribution in [0.25, 0.3) is 11.0 Å². The molecular weight excluding hydrogens is 210 g/mol. The molecule has 0 radical (unpaired) electrons. The van der Waals surface area contributed by atoms with E-state index in [1.165, 1.54) is 0 Å². The molecule has 1 aromatic heterocycles. The highest BCUT2D eigenvalue weighted by molar-refractivity contribution is 6.31. The average molecular weight is 224 g/mol. The Balaban J connectivity index is 2.23. The van der Waals surface area contributed by atoms with Crippen LogP contribution < -0.4 is 5.73 Å². The van der Waals surface area contributed by atoms with Crippen LogP contribution in [0.2, 0.25) is 5.02 Å². The highest BCUT2D eigenvalue weighted by Crippen LogP contribution is 2.23. The third-order valence-electron chi connectivity index (χ3n) is 2.38. The highest BCUT2D eigenvalue weighted by atomic mass is 35.5. The predicted octanol–water partition coefficient (Wildman–Crippen LogP) is 3.37. The van der Waals surface area contributed by atoms with Gasteiger partial charge in [-0.1, -0.05) is 11.6 Å². The van der Waals surface area contributed by atoms with Crippen LogP contribution in [-0.4, -0.2) is 6.04 Å². The van der Waals surface area contributed by atoms with Crippen molar-refractivity contribution in [3.8, 4) is 0 Å². The van der Waals surface area contributed by atoms with Crippen LogP contribution in [0.4, 0.5) is 0 Å². The number of fused-ring (bicyclic) bond motifs is 1. The largest absolute Gasteiger partial charge is 0.461 e. The van der Waals surface area contributed by atoms with Gasteiger partial charge in [0.1, 0.15) is 11.3 Å². The van der Waals surface area contributed by atoms with Gasteiger partial charge in [0.15, 0.2) is 0 Å². The number of furan rings is 1. The van der Waals surface area contributed by atoms with Crippen molar-refractivity contribution < 1.29 is 4.42 Å². The van der Waals surface area contributed by atoms with Gasteiger partial charge in [0.2, 0.25) is 0 Å². The van der Waals surface area contributed by atoms with Crippen molar-refractivity contribution in [1.29, 1.82) is 0 Å². The van der Waals surface area contributed by atoms with E-state index in [0.29, 0.717) is 0 Å². The summed E-state index contributed by atoms with van der Waals surface area (Å²) in [6.07, 6.45) is 1.82. The maximum absolute atomic E-state index is 5.89. The molecule has 2 nitrogen and oxygen atoms in total. The second kappa shape index (κ2) is 4.25. The second-order valence-corrected chi connectivity index (χ2v) is 4.35. The summed E-state index contributed by atoms with van der Waals surface area (Å²) in [5.74, 6) is 0.976. The minimum Gasteiger partial charge on any atom is -0.461 e. The van der Waals surface area contributed by atoms with E-state index in [2.05, 4.69) is 0 Å². The molecule has 0 bridgehead atoms. The molecule has 0 spiro atoms. The maximum Gasteiger partial charge on any atom is 0.134 e. The molecule has 2 rings (SSSR count). The minimum atomic E-state index is 0.210. The van der Waals surface area contributed by atoms with E-state index in [4.69, 9.17) is 21.8 Å². The lowest BCUT2D eigenvalue weighted by atomic mass is 10.1. The molecule has 0 amide bonds. The number of rotatable bonds is 3. The lowest BCUT2D eigenvalue weighted by molar-refractivity contribution is 0.522. The number of hydrogen-bond donors (Lipinski definition) is 1. The lowest BCUT2D eigenvalue weighted by Gasteiger charge is -2.00. The van der Waals surface area contributed by atoms with Gasteiger partial charge in [-0.05, 0) is 37.6 Å². The molecule has 0 fully saturated rings. The molecule has 0 aliphatic heterocycles. The van der Waals surface area contributed by atoms with Crippen LogP contribution in [0.1, 0.15) is 19.1 Å². The summed E-state index contributed by atoms with van der Waals surface area (Å²) in [6, 6.07) is 7.89. The first kappa shape index (κ1) is 10.5. The molecule has 0 saturated carbocycles. The molecule has 1 heterocycles. The zero-order valence-electron chi connectivity index (χ0n) is 8.66. The molecule has 1 unspecified atom stereocenters. The minimum absolute atomic E-state index is 0.210. The third kappa shape index (κ3) is 2.52. The van der Waals surface area contributed by atoms with Gasteiger partial charge in [0, 0.05) is 22.9 Å². The van der Waals surface area contributed by atoms with Gasteiger partial charge in [-0.25, -0.2) is 0 Å². The highest BCUT2D eigenvalue weighted by Gasteiger charge is 2.05. The van der Waals surface area contributed by atoms with Gasteiger partial charge >= 0.3 is 0 Å². The fourth-order valence-electron chi connectivity index (χ4n) is 1.56. The number of halogens is 1. The summed E-state index contributed by atoms with van der Waals surface area (Å²) >= 11 is 5.89. The molecule has 0 aliphatic rings. The standard InChI is InChI=1S/C12H14ClNO/c1-8(14)2-4-11-7-9-6-10(13)3-5-12(9)15-11/h3,5-8H,2,4,14H2,1H3.